The van der Waals surface area contributed by atoms with Gasteiger partial charge in [-0.25, -0.2) is 19.8 Å². The molecule has 11 nitrogen and oxygen atoms in total. The first-order chi connectivity index (χ1) is 17.0. The van der Waals surface area contributed by atoms with Gasteiger partial charge in [-0.15, -0.1) is 0 Å². The molecule has 0 aliphatic rings. The zero-order chi connectivity index (χ0) is 26.7. The highest BCUT2D eigenvalue weighted by Crippen LogP contribution is 2.32. The maximum Gasteiger partial charge on any atom is 0.428 e. The Kier molecular flexibility index (Phi) is 10.1. The smallest absolute Gasteiger partial charge is 0.428 e. The van der Waals surface area contributed by atoms with Crippen molar-refractivity contribution in [3.63, 3.8) is 0 Å². The zero-order valence-corrected chi connectivity index (χ0v) is 20.9. The molecule has 0 heterocycles. The number of carbonyl (C=O) groups excluding carboxylic acids is 2. The molecule has 0 aliphatic heterocycles. The van der Waals surface area contributed by atoms with E-state index in [0.717, 1.165) is 0 Å². The molecule has 3 N–H and O–H groups in total. The number of ether oxygens (including phenoxy) is 4. The molecule has 2 rings (SSSR count). The van der Waals surface area contributed by atoms with Gasteiger partial charge in [0.15, 0.2) is 12.6 Å². The van der Waals surface area contributed by atoms with Crippen molar-refractivity contribution in [3.8, 4) is 11.5 Å². The van der Waals surface area contributed by atoms with E-state index < -0.39 is 29.7 Å². The van der Waals surface area contributed by atoms with Gasteiger partial charge in [-0.2, -0.15) is 5.10 Å². The molecule has 2 aromatic rings. The number of hydrogen-bond donors (Lipinski definition) is 3. The summed E-state index contributed by atoms with van der Waals surface area (Å²) in [5.41, 5.74) is 3.05. The highest BCUT2D eigenvalue weighted by Gasteiger charge is 2.25. The Bertz CT molecular complexity index is 1080. The minimum atomic E-state index is -1.22. The number of carbonyl (C=O) groups is 3. The van der Waals surface area contributed by atoms with E-state index in [2.05, 4.69) is 15.8 Å². The van der Waals surface area contributed by atoms with Gasteiger partial charge >= 0.3 is 18.0 Å². The van der Waals surface area contributed by atoms with Crippen molar-refractivity contribution in [1.82, 2.24) is 5.43 Å². The molecule has 0 aliphatic carbocycles. The molecule has 0 spiro atoms. The Morgan fingerprint density at radius 3 is 2.39 bits per heavy atom. The van der Waals surface area contributed by atoms with Gasteiger partial charge in [0.05, 0.1) is 19.9 Å². The fraction of sp³-hybridized carbons (Fsp3) is 0.360. The molecule has 1 atom stereocenters. The number of carboxylic acid groups (broad SMARTS) is 1. The van der Waals surface area contributed by atoms with Crippen molar-refractivity contribution in [2.24, 2.45) is 5.10 Å². The fourth-order valence-electron chi connectivity index (χ4n) is 2.91. The predicted octanol–water partition coefficient (Wildman–Crippen LogP) is 3.73. The van der Waals surface area contributed by atoms with Crippen LogP contribution in [-0.2, 0) is 19.1 Å². The van der Waals surface area contributed by atoms with Crippen molar-refractivity contribution >= 4 is 29.9 Å². The van der Waals surface area contributed by atoms with E-state index in [4.69, 9.17) is 18.9 Å². The first kappa shape index (κ1) is 28.0. The summed E-state index contributed by atoms with van der Waals surface area (Å²) >= 11 is 0. The Morgan fingerprint density at radius 1 is 1.11 bits per heavy atom. The van der Waals surface area contributed by atoms with Crippen LogP contribution in [0, 0.1) is 0 Å². The Labute approximate surface area is 209 Å². The Balaban J connectivity index is 2.16. The van der Waals surface area contributed by atoms with E-state index in [9.17, 15) is 19.5 Å². The number of amides is 1. The second-order valence-electron chi connectivity index (χ2n) is 8.41. The molecular formula is C25H31N3O8. The lowest BCUT2D eigenvalue weighted by Gasteiger charge is -2.20. The summed E-state index contributed by atoms with van der Waals surface area (Å²) in [7, 11) is 1.46. The minimum absolute atomic E-state index is 0.195. The number of nitrogens with one attached hydrogen (secondary N) is 2. The number of nitrogens with zero attached hydrogens (tertiary/aromatic N) is 1. The van der Waals surface area contributed by atoms with E-state index in [1.165, 1.54) is 25.5 Å². The molecule has 0 bridgehead atoms. The lowest BCUT2D eigenvalue weighted by molar-refractivity contribution is -0.145. The van der Waals surface area contributed by atoms with Crippen LogP contribution in [0.5, 0.6) is 11.5 Å². The molecule has 2 aromatic carbocycles. The summed E-state index contributed by atoms with van der Waals surface area (Å²) in [5, 5.41) is 16.7. The Morgan fingerprint density at radius 2 is 1.81 bits per heavy atom. The molecule has 1 amide bonds. The van der Waals surface area contributed by atoms with Crippen molar-refractivity contribution < 1.29 is 38.4 Å². The molecule has 0 aromatic heterocycles. The lowest BCUT2D eigenvalue weighted by atomic mass is 10.0. The number of rotatable bonds is 11. The monoisotopic (exact) mass is 501 g/mol. The summed E-state index contributed by atoms with van der Waals surface area (Å²) in [6.45, 7) is 6.74. The van der Waals surface area contributed by atoms with Gasteiger partial charge < -0.3 is 29.4 Å². The molecule has 11 heteroatoms. The van der Waals surface area contributed by atoms with Gasteiger partial charge in [-0.05, 0) is 63.6 Å². The first-order valence-electron chi connectivity index (χ1n) is 11.1. The summed E-state index contributed by atoms with van der Waals surface area (Å²) < 4.78 is 20.7. The van der Waals surface area contributed by atoms with Gasteiger partial charge in [-0.1, -0.05) is 12.1 Å². The SMILES string of the molecule is CCOC(=O)COc1ccc(OC)cc1C(Nc1ccc(C=NNC(=O)OC(C)(C)C)cc1)C(=O)O. The third-order valence-electron chi connectivity index (χ3n) is 4.42. The summed E-state index contributed by atoms with van der Waals surface area (Å²) in [4.78, 5) is 35.5. The van der Waals surface area contributed by atoms with Crippen LogP contribution in [0.2, 0.25) is 0 Å². The van der Waals surface area contributed by atoms with Gasteiger partial charge in [0.1, 0.15) is 17.1 Å². The molecular weight excluding hydrogens is 470 g/mol. The van der Waals surface area contributed by atoms with Gasteiger partial charge in [0, 0.05) is 11.3 Å². The van der Waals surface area contributed by atoms with Crippen LogP contribution < -0.4 is 20.2 Å². The highest BCUT2D eigenvalue weighted by atomic mass is 16.6. The number of hydrogen-bond acceptors (Lipinski definition) is 9. The highest BCUT2D eigenvalue weighted by molar-refractivity contribution is 5.83. The number of methoxy groups -OCH3 is 1. The van der Waals surface area contributed by atoms with Gasteiger partial charge in [-0.3, -0.25) is 0 Å². The van der Waals surface area contributed by atoms with Crippen molar-refractivity contribution in [3.05, 3.63) is 53.6 Å². The normalized spacial score (nSPS) is 11.9. The van der Waals surface area contributed by atoms with Crippen molar-refractivity contribution in [2.45, 2.75) is 39.3 Å². The molecule has 36 heavy (non-hydrogen) atoms. The average Bonchev–Trinajstić information content (AvgIpc) is 2.81. The quantitative estimate of drug-likeness (QED) is 0.238. The lowest BCUT2D eigenvalue weighted by Crippen LogP contribution is -2.29. The molecule has 0 fully saturated rings. The van der Waals surface area contributed by atoms with E-state index in [-0.39, 0.29) is 24.5 Å². The number of carboxylic acids is 1. The summed E-state index contributed by atoms with van der Waals surface area (Å²) in [6.07, 6.45) is 0.742. The number of aliphatic carboxylic acids is 1. The average molecular weight is 502 g/mol. The zero-order valence-electron chi connectivity index (χ0n) is 20.9. The van der Waals surface area contributed by atoms with E-state index in [1.54, 1.807) is 58.0 Å². The second-order valence-corrected chi connectivity index (χ2v) is 8.41. The van der Waals surface area contributed by atoms with Crippen LogP contribution in [0.3, 0.4) is 0 Å². The standard InChI is InChI=1S/C25H31N3O8/c1-6-34-21(29)15-35-20-12-11-18(33-5)13-19(20)22(23(30)31)27-17-9-7-16(8-10-17)14-26-28-24(32)36-25(2,3)4/h7-14,22,27H,6,15H2,1-5H3,(H,28,32)(H,30,31). The fourth-order valence-corrected chi connectivity index (χ4v) is 2.91. The molecule has 1 unspecified atom stereocenters. The summed E-state index contributed by atoms with van der Waals surface area (Å²) in [6, 6.07) is 10.1. The molecule has 0 radical (unpaired) electrons. The first-order valence-corrected chi connectivity index (χ1v) is 11.1. The number of esters is 1. The molecule has 0 saturated carbocycles. The largest absolute Gasteiger partial charge is 0.497 e. The van der Waals surface area contributed by atoms with Crippen LogP contribution in [0.25, 0.3) is 0 Å². The third-order valence-corrected chi connectivity index (χ3v) is 4.42. The van der Waals surface area contributed by atoms with Gasteiger partial charge in [0.25, 0.3) is 0 Å². The predicted molar refractivity (Wildman–Crippen MR) is 133 cm³/mol. The van der Waals surface area contributed by atoms with Crippen LogP contribution in [0.15, 0.2) is 47.6 Å². The third kappa shape index (κ3) is 9.16. The molecule has 194 valence electrons. The van der Waals surface area contributed by atoms with Crippen LogP contribution in [-0.4, -0.2) is 55.3 Å². The number of benzene rings is 2. The van der Waals surface area contributed by atoms with E-state index >= 15 is 0 Å². The molecule has 0 saturated heterocycles. The maximum absolute atomic E-state index is 12.1. The van der Waals surface area contributed by atoms with E-state index in [1.807, 2.05) is 0 Å². The minimum Gasteiger partial charge on any atom is -0.497 e. The number of hydrazone groups is 1. The second kappa shape index (κ2) is 13.0. The summed E-state index contributed by atoms with van der Waals surface area (Å²) in [5.74, 6) is -1.12. The van der Waals surface area contributed by atoms with Gasteiger partial charge in [0.2, 0.25) is 0 Å². The van der Waals surface area contributed by atoms with E-state index in [0.29, 0.717) is 17.0 Å². The topological polar surface area (TPSA) is 145 Å². The van der Waals surface area contributed by atoms with Crippen LogP contribution in [0.1, 0.15) is 44.9 Å². The van der Waals surface area contributed by atoms with Crippen LogP contribution in [0.4, 0.5) is 10.5 Å². The Hall–Kier alpha value is -4.28. The van der Waals surface area contributed by atoms with Crippen molar-refractivity contribution in [2.75, 3.05) is 25.6 Å². The van der Waals surface area contributed by atoms with Crippen LogP contribution >= 0.6 is 0 Å². The number of anilines is 1. The maximum atomic E-state index is 12.1. The van der Waals surface area contributed by atoms with Crippen molar-refractivity contribution in [1.29, 1.82) is 0 Å².